The number of benzene rings is 2. The van der Waals surface area contributed by atoms with Gasteiger partial charge in [-0.3, -0.25) is 4.79 Å². The van der Waals surface area contributed by atoms with Gasteiger partial charge in [-0.1, -0.05) is 42.0 Å². The van der Waals surface area contributed by atoms with E-state index >= 15 is 0 Å². The summed E-state index contributed by atoms with van der Waals surface area (Å²) < 4.78 is 15.4. The van der Waals surface area contributed by atoms with Gasteiger partial charge in [-0.25, -0.2) is 14.6 Å². The molecule has 2 heterocycles. The quantitative estimate of drug-likeness (QED) is 0.533. The van der Waals surface area contributed by atoms with Crippen molar-refractivity contribution in [2.75, 3.05) is 13.7 Å². The molecule has 8 heteroatoms. The summed E-state index contributed by atoms with van der Waals surface area (Å²) in [5.41, 5.74) is 2.83. The molecular formula is C25H22N2O6. The van der Waals surface area contributed by atoms with Crippen LogP contribution >= 0.6 is 0 Å². The van der Waals surface area contributed by atoms with Crippen LogP contribution < -0.4 is 0 Å². The van der Waals surface area contributed by atoms with Gasteiger partial charge >= 0.3 is 11.9 Å². The number of amides is 1. The Morgan fingerprint density at radius 1 is 1.00 bits per heavy atom. The molecule has 1 atom stereocenters. The van der Waals surface area contributed by atoms with Crippen molar-refractivity contribution in [2.45, 2.75) is 19.4 Å². The van der Waals surface area contributed by atoms with Gasteiger partial charge in [0.1, 0.15) is 11.8 Å². The average molecular weight is 446 g/mol. The molecule has 0 fully saturated rings. The first kappa shape index (κ1) is 22.0. The van der Waals surface area contributed by atoms with E-state index in [0.29, 0.717) is 12.2 Å². The SMILES string of the molecule is COC(=O)c1ccccc1C(=O)OCC(=O)N1N=C(c2ccc(C)cc2)CC1c1ccco1. The van der Waals surface area contributed by atoms with E-state index in [1.54, 1.807) is 24.3 Å². The molecule has 0 aliphatic carbocycles. The molecule has 8 nitrogen and oxygen atoms in total. The van der Waals surface area contributed by atoms with Crippen LogP contribution in [0.5, 0.6) is 0 Å². The first-order chi connectivity index (χ1) is 16.0. The molecule has 0 N–H and O–H groups in total. The van der Waals surface area contributed by atoms with Gasteiger partial charge < -0.3 is 13.9 Å². The minimum absolute atomic E-state index is 0.0185. The molecule has 1 unspecified atom stereocenters. The van der Waals surface area contributed by atoms with Crippen molar-refractivity contribution in [3.8, 4) is 0 Å². The second-order valence-electron chi connectivity index (χ2n) is 7.50. The van der Waals surface area contributed by atoms with Crippen LogP contribution in [-0.4, -0.2) is 42.3 Å². The molecule has 3 aromatic rings. The highest BCUT2D eigenvalue weighted by Gasteiger charge is 2.35. The normalized spacial score (nSPS) is 15.2. The van der Waals surface area contributed by atoms with E-state index in [1.165, 1.54) is 30.5 Å². The topological polar surface area (TPSA) is 98.4 Å². The highest BCUT2D eigenvalue weighted by atomic mass is 16.5. The molecule has 0 saturated carbocycles. The molecule has 1 aliphatic rings. The molecular weight excluding hydrogens is 424 g/mol. The zero-order chi connectivity index (χ0) is 23.4. The Morgan fingerprint density at radius 3 is 2.33 bits per heavy atom. The fourth-order valence-corrected chi connectivity index (χ4v) is 3.58. The Balaban J connectivity index is 1.52. The van der Waals surface area contributed by atoms with Gasteiger partial charge in [-0.05, 0) is 36.8 Å². The first-order valence-corrected chi connectivity index (χ1v) is 10.3. The Kier molecular flexibility index (Phi) is 6.35. The molecule has 0 spiro atoms. The highest BCUT2D eigenvalue weighted by molar-refractivity contribution is 6.04. The fraction of sp³-hybridized carbons (Fsp3) is 0.200. The number of methoxy groups -OCH3 is 1. The lowest BCUT2D eigenvalue weighted by molar-refractivity contribution is -0.136. The maximum atomic E-state index is 13.0. The van der Waals surface area contributed by atoms with Gasteiger partial charge in [0.2, 0.25) is 0 Å². The molecule has 2 aromatic carbocycles. The summed E-state index contributed by atoms with van der Waals surface area (Å²) in [4.78, 5) is 37.5. The second kappa shape index (κ2) is 9.52. The van der Waals surface area contributed by atoms with Crippen molar-refractivity contribution >= 4 is 23.6 Å². The number of hydrazone groups is 1. The predicted octanol–water partition coefficient (Wildman–Crippen LogP) is 3.91. The van der Waals surface area contributed by atoms with Crippen LogP contribution in [0.25, 0.3) is 0 Å². The van der Waals surface area contributed by atoms with Crippen LogP contribution in [0.4, 0.5) is 0 Å². The number of nitrogens with zero attached hydrogens (tertiary/aromatic N) is 2. The van der Waals surface area contributed by atoms with Gasteiger partial charge in [0.15, 0.2) is 6.61 Å². The Morgan fingerprint density at radius 2 is 1.70 bits per heavy atom. The third-order valence-corrected chi connectivity index (χ3v) is 5.30. The molecule has 1 aromatic heterocycles. The average Bonchev–Trinajstić information content (AvgIpc) is 3.52. The summed E-state index contributed by atoms with van der Waals surface area (Å²) in [6.45, 7) is 1.45. The van der Waals surface area contributed by atoms with Crippen molar-refractivity contribution in [3.63, 3.8) is 0 Å². The van der Waals surface area contributed by atoms with Gasteiger partial charge in [-0.2, -0.15) is 5.10 Å². The smallest absolute Gasteiger partial charge is 0.339 e. The fourth-order valence-electron chi connectivity index (χ4n) is 3.58. The highest BCUT2D eigenvalue weighted by Crippen LogP contribution is 2.33. The lowest BCUT2D eigenvalue weighted by atomic mass is 10.0. The number of hydrogen-bond donors (Lipinski definition) is 0. The zero-order valence-corrected chi connectivity index (χ0v) is 18.2. The standard InChI is InChI=1S/C25H22N2O6/c1-16-9-11-17(12-10-16)20-14-21(22-8-5-13-32-22)27(26-20)23(28)15-33-25(30)19-7-4-3-6-18(19)24(29)31-2/h3-13,21H,14-15H2,1-2H3. The second-order valence-corrected chi connectivity index (χ2v) is 7.50. The van der Waals surface area contributed by atoms with Crippen molar-refractivity contribution in [2.24, 2.45) is 5.10 Å². The van der Waals surface area contributed by atoms with Gasteiger partial charge in [0, 0.05) is 6.42 Å². The van der Waals surface area contributed by atoms with E-state index < -0.39 is 30.5 Å². The Labute approximate surface area is 190 Å². The Bertz CT molecular complexity index is 1200. The maximum Gasteiger partial charge on any atom is 0.339 e. The number of furan rings is 1. The van der Waals surface area contributed by atoms with Crippen LogP contribution in [0, 0.1) is 6.92 Å². The van der Waals surface area contributed by atoms with E-state index in [9.17, 15) is 14.4 Å². The van der Waals surface area contributed by atoms with E-state index in [1.807, 2.05) is 31.2 Å². The number of aryl methyl sites for hydroxylation is 1. The van der Waals surface area contributed by atoms with Gasteiger partial charge in [0.25, 0.3) is 5.91 Å². The van der Waals surface area contributed by atoms with Crippen LogP contribution in [0.3, 0.4) is 0 Å². The molecule has 33 heavy (non-hydrogen) atoms. The minimum Gasteiger partial charge on any atom is -0.467 e. The van der Waals surface area contributed by atoms with Gasteiger partial charge in [-0.15, -0.1) is 0 Å². The van der Waals surface area contributed by atoms with Crippen LogP contribution in [0.15, 0.2) is 76.4 Å². The molecule has 4 rings (SSSR count). The Hall–Kier alpha value is -4.20. The van der Waals surface area contributed by atoms with Crippen molar-refractivity contribution in [1.29, 1.82) is 0 Å². The summed E-state index contributed by atoms with van der Waals surface area (Å²) in [6.07, 6.45) is 1.99. The number of hydrogen-bond acceptors (Lipinski definition) is 7. The molecule has 0 radical (unpaired) electrons. The predicted molar refractivity (Wildman–Crippen MR) is 119 cm³/mol. The van der Waals surface area contributed by atoms with Crippen molar-refractivity contribution < 1.29 is 28.3 Å². The molecule has 168 valence electrons. The molecule has 0 saturated heterocycles. The number of ether oxygens (including phenoxy) is 2. The van der Waals surface area contributed by atoms with Crippen LogP contribution in [0.2, 0.25) is 0 Å². The summed E-state index contributed by atoms with van der Waals surface area (Å²) in [5.74, 6) is -1.40. The summed E-state index contributed by atoms with van der Waals surface area (Å²) in [6, 6.07) is 17.0. The third-order valence-electron chi connectivity index (χ3n) is 5.30. The molecule has 1 amide bonds. The van der Waals surface area contributed by atoms with Crippen LogP contribution in [-0.2, 0) is 14.3 Å². The third kappa shape index (κ3) is 4.69. The van der Waals surface area contributed by atoms with E-state index in [0.717, 1.165) is 16.8 Å². The molecule has 1 aliphatic heterocycles. The zero-order valence-electron chi connectivity index (χ0n) is 18.2. The lowest BCUT2D eigenvalue weighted by Gasteiger charge is -2.19. The maximum absolute atomic E-state index is 13.0. The summed E-state index contributed by atoms with van der Waals surface area (Å²) in [7, 11) is 1.22. The van der Waals surface area contributed by atoms with Crippen molar-refractivity contribution in [1.82, 2.24) is 5.01 Å². The number of carbonyl (C=O) groups excluding carboxylic acids is 3. The van der Waals surface area contributed by atoms with Crippen molar-refractivity contribution in [3.05, 3.63) is 94.9 Å². The summed E-state index contributed by atoms with van der Waals surface area (Å²) in [5, 5.41) is 5.80. The number of carbonyl (C=O) groups is 3. The van der Waals surface area contributed by atoms with E-state index in [2.05, 4.69) is 5.10 Å². The summed E-state index contributed by atoms with van der Waals surface area (Å²) >= 11 is 0. The first-order valence-electron chi connectivity index (χ1n) is 10.3. The number of esters is 2. The van der Waals surface area contributed by atoms with E-state index in [4.69, 9.17) is 13.9 Å². The van der Waals surface area contributed by atoms with E-state index in [-0.39, 0.29) is 11.1 Å². The van der Waals surface area contributed by atoms with Crippen LogP contribution in [0.1, 0.15) is 50.1 Å². The largest absolute Gasteiger partial charge is 0.467 e. The lowest BCUT2D eigenvalue weighted by Crippen LogP contribution is -2.31. The van der Waals surface area contributed by atoms with Gasteiger partial charge in [0.05, 0.1) is 30.2 Å². The number of rotatable bonds is 6. The monoisotopic (exact) mass is 446 g/mol. The minimum atomic E-state index is -0.805. The molecule has 0 bridgehead atoms.